The van der Waals surface area contributed by atoms with Crippen LogP contribution in [0.2, 0.25) is 0 Å². The zero-order valence-electron chi connectivity index (χ0n) is 12.5. The van der Waals surface area contributed by atoms with E-state index in [0.717, 1.165) is 36.8 Å². The minimum atomic E-state index is -0.863. The average molecular weight is 291 g/mol. The van der Waals surface area contributed by atoms with Crippen molar-refractivity contribution in [2.75, 3.05) is 31.2 Å². The highest BCUT2D eigenvalue weighted by molar-refractivity contribution is 5.65. The van der Waals surface area contributed by atoms with Crippen LogP contribution in [0.5, 0.6) is 0 Å². The minimum absolute atomic E-state index is 0.126. The summed E-state index contributed by atoms with van der Waals surface area (Å²) in [6.07, 6.45) is -0.863. The van der Waals surface area contributed by atoms with Gasteiger partial charge in [0.1, 0.15) is 5.82 Å². The number of carboxylic acid groups (broad SMARTS) is 1. The molecule has 2 aliphatic heterocycles. The molecule has 6 heteroatoms. The standard InChI is InChI=1S/C15H21N3O3/c1-10-7-17(15(19)20)8-12-3-4-13(16-14(10)12)18-5-6-21-9-11(18)2/h3-4,10-11H,5-9H2,1-2H3,(H,19,20)/t10?,11-/m1/s1. The van der Waals surface area contributed by atoms with Crippen molar-refractivity contribution in [3.05, 3.63) is 23.4 Å². The average Bonchev–Trinajstić information content (AvgIpc) is 2.47. The molecule has 1 aromatic heterocycles. The Hall–Kier alpha value is -1.82. The summed E-state index contributed by atoms with van der Waals surface area (Å²) in [6, 6.07) is 4.34. The molecular formula is C15H21N3O3. The van der Waals surface area contributed by atoms with Gasteiger partial charge in [-0.2, -0.15) is 0 Å². The van der Waals surface area contributed by atoms with Gasteiger partial charge in [-0.15, -0.1) is 0 Å². The maximum absolute atomic E-state index is 11.2. The van der Waals surface area contributed by atoms with Crippen molar-refractivity contribution in [3.63, 3.8) is 0 Å². The van der Waals surface area contributed by atoms with E-state index < -0.39 is 6.09 Å². The molecule has 0 bridgehead atoms. The van der Waals surface area contributed by atoms with Crippen molar-refractivity contribution in [2.24, 2.45) is 0 Å². The second-order valence-corrected chi connectivity index (χ2v) is 5.90. The lowest BCUT2D eigenvalue weighted by atomic mass is 9.96. The minimum Gasteiger partial charge on any atom is -0.465 e. The van der Waals surface area contributed by atoms with Crippen LogP contribution < -0.4 is 4.90 Å². The molecule has 0 saturated carbocycles. The number of aromatic nitrogens is 1. The highest BCUT2D eigenvalue weighted by Crippen LogP contribution is 2.29. The third-order valence-corrected chi connectivity index (χ3v) is 4.25. The third-order valence-electron chi connectivity index (χ3n) is 4.25. The molecule has 1 N–H and O–H groups in total. The largest absolute Gasteiger partial charge is 0.465 e. The summed E-state index contributed by atoms with van der Waals surface area (Å²) in [5, 5.41) is 9.16. The Kier molecular flexibility index (Phi) is 3.71. The van der Waals surface area contributed by atoms with Gasteiger partial charge in [-0.3, -0.25) is 0 Å². The van der Waals surface area contributed by atoms with Crippen molar-refractivity contribution in [2.45, 2.75) is 32.4 Å². The molecule has 2 atom stereocenters. The van der Waals surface area contributed by atoms with Crippen LogP contribution in [0, 0.1) is 0 Å². The van der Waals surface area contributed by atoms with Crippen molar-refractivity contribution in [1.29, 1.82) is 0 Å². The number of rotatable bonds is 1. The fourth-order valence-corrected chi connectivity index (χ4v) is 3.11. The predicted molar refractivity (Wildman–Crippen MR) is 78.7 cm³/mol. The molecule has 1 fully saturated rings. The molecular weight excluding hydrogens is 270 g/mol. The van der Waals surface area contributed by atoms with E-state index >= 15 is 0 Å². The smallest absolute Gasteiger partial charge is 0.407 e. The molecule has 0 radical (unpaired) electrons. The number of carbonyl (C=O) groups is 1. The first-order chi connectivity index (χ1) is 10.1. The van der Waals surface area contributed by atoms with Gasteiger partial charge in [-0.05, 0) is 18.6 Å². The Bertz CT molecular complexity index is 549. The molecule has 1 unspecified atom stereocenters. The SMILES string of the molecule is CC1CN(C(=O)O)Cc2ccc(N3CCOC[C@H]3C)nc21. The van der Waals surface area contributed by atoms with Crippen LogP contribution in [-0.4, -0.2) is 53.4 Å². The number of hydrogen-bond donors (Lipinski definition) is 1. The number of ether oxygens (including phenoxy) is 1. The van der Waals surface area contributed by atoms with Crippen molar-refractivity contribution < 1.29 is 14.6 Å². The van der Waals surface area contributed by atoms with E-state index in [9.17, 15) is 4.79 Å². The fourth-order valence-electron chi connectivity index (χ4n) is 3.11. The number of hydrogen-bond acceptors (Lipinski definition) is 4. The molecule has 2 aliphatic rings. The van der Waals surface area contributed by atoms with Crippen LogP contribution >= 0.6 is 0 Å². The molecule has 0 aliphatic carbocycles. The van der Waals surface area contributed by atoms with Gasteiger partial charge in [0.2, 0.25) is 0 Å². The first-order valence-electron chi connectivity index (χ1n) is 7.38. The van der Waals surface area contributed by atoms with E-state index in [1.54, 1.807) is 0 Å². The summed E-state index contributed by atoms with van der Waals surface area (Å²) >= 11 is 0. The number of pyridine rings is 1. The second-order valence-electron chi connectivity index (χ2n) is 5.90. The lowest BCUT2D eigenvalue weighted by molar-refractivity contribution is 0.0984. The van der Waals surface area contributed by atoms with Gasteiger partial charge in [-0.1, -0.05) is 13.0 Å². The van der Waals surface area contributed by atoms with Crippen molar-refractivity contribution in [1.82, 2.24) is 9.88 Å². The van der Waals surface area contributed by atoms with Crippen LogP contribution in [0.3, 0.4) is 0 Å². The van der Waals surface area contributed by atoms with Crippen LogP contribution in [-0.2, 0) is 11.3 Å². The normalized spacial score (nSPS) is 25.6. The van der Waals surface area contributed by atoms with Gasteiger partial charge in [0.15, 0.2) is 0 Å². The van der Waals surface area contributed by atoms with Gasteiger partial charge in [0.25, 0.3) is 0 Å². The lowest BCUT2D eigenvalue weighted by Gasteiger charge is -2.36. The summed E-state index contributed by atoms with van der Waals surface area (Å²) < 4.78 is 5.47. The van der Waals surface area contributed by atoms with Crippen molar-refractivity contribution in [3.8, 4) is 0 Å². The Morgan fingerprint density at radius 3 is 2.95 bits per heavy atom. The van der Waals surface area contributed by atoms with E-state index in [0.29, 0.717) is 19.1 Å². The van der Waals surface area contributed by atoms with E-state index in [1.807, 2.05) is 19.1 Å². The summed E-state index contributed by atoms with van der Waals surface area (Å²) in [7, 11) is 0. The summed E-state index contributed by atoms with van der Waals surface area (Å²) in [6.45, 7) is 7.41. The Morgan fingerprint density at radius 1 is 1.43 bits per heavy atom. The summed E-state index contributed by atoms with van der Waals surface area (Å²) in [5.41, 5.74) is 2.05. The number of anilines is 1. The van der Waals surface area contributed by atoms with Crippen LogP contribution in [0.15, 0.2) is 12.1 Å². The second kappa shape index (κ2) is 5.52. The Balaban J connectivity index is 1.88. The van der Waals surface area contributed by atoms with E-state index in [4.69, 9.17) is 14.8 Å². The lowest BCUT2D eigenvalue weighted by Crippen LogP contribution is -2.44. The monoisotopic (exact) mass is 291 g/mol. The molecule has 3 rings (SSSR count). The van der Waals surface area contributed by atoms with Crippen molar-refractivity contribution >= 4 is 11.9 Å². The van der Waals surface area contributed by atoms with E-state index in [-0.39, 0.29) is 5.92 Å². The summed E-state index contributed by atoms with van der Waals surface area (Å²) in [4.78, 5) is 19.7. The number of amides is 1. The van der Waals surface area contributed by atoms with Gasteiger partial charge in [-0.25, -0.2) is 9.78 Å². The van der Waals surface area contributed by atoms with Gasteiger partial charge in [0, 0.05) is 19.0 Å². The zero-order valence-corrected chi connectivity index (χ0v) is 12.5. The Labute approximate surface area is 124 Å². The fraction of sp³-hybridized carbons (Fsp3) is 0.600. The maximum atomic E-state index is 11.2. The maximum Gasteiger partial charge on any atom is 0.407 e. The first-order valence-corrected chi connectivity index (χ1v) is 7.38. The molecule has 0 aromatic carbocycles. The molecule has 6 nitrogen and oxygen atoms in total. The zero-order chi connectivity index (χ0) is 15.0. The third kappa shape index (κ3) is 2.68. The van der Waals surface area contributed by atoms with Gasteiger partial charge < -0.3 is 19.6 Å². The molecule has 21 heavy (non-hydrogen) atoms. The predicted octanol–water partition coefficient (Wildman–Crippen LogP) is 1.90. The van der Waals surface area contributed by atoms with E-state index in [2.05, 4.69) is 11.8 Å². The molecule has 1 aromatic rings. The molecule has 114 valence electrons. The highest BCUT2D eigenvalue weighted by atomic mass is 16.5. The van der Waals surface area contributed by atoms with Crippen LogP contribution in [0.1, 0.15) is 31.0 Å². The summed E-state index contributed by atoms with van der Waals surface area (Å²) in [5.74, 6) is 1.10. The highest BCUT2D eigenvalue weighted by Gasteiger charge is 2.28. The molecule has 1 amide bonds. The van der Waals surface area contributed by atoms with E-state index in [1.165, 1.54) is 4.90 Å². The molecule has 3 heterocycles. The molecule has 1 saturated heterocycles. The van der Waals surface area contributed by atoms with Crippen LogP contribution in [0.25, 0.3) is 0 Å². The topological polar surface area (TPSA) is 65.9 Å². The number of fused-ring (bicyclic) bond motifs is 1. The molecule has 0 spiro atoms. The quantitative estimate of drug-likeness (QED) is 0.856. The number of nitrogens with zero attached hydrogens (tertiary/aromatic N) is 3. The number of morpholine rings is 1. The van der Waals surface area contributed by atoms with Gasteiger partial charge in [0.05, 0.1) is 31.5 Å². The van der Waals surface area contributed by atoms with Gasteiger partial charge >= 0.3 is 6.09 Å². The van der Waals surface area contributed by atoms with Crippen LogP contribution in [0.4, 0.5) is 10.6 Å². The Morgan fingerprint density at radius 2 is 2.24 bits per heavy atom. The first kappa shape index (κ1) is 14.1.